The van der Waals surface area contributed by atoms with Crippen LogP contribution in [0.15, 0.2) is 29.2 Å². The Morgan fingerprint density at radius 3 is 2.39 bits per heavy atom. The molecule has 0 aliphatic rings. The van der Waals surface area contributed by atoms with Gasteiger partial charge in [-0.3, -0.25) is 4.79 Å². The normalized spacial score (nSPS) is 11.2. The zero-order valence-corrected chi connectivity index (χ0v) is 11.5. The lowest BCUT2D eigenvalue weighted by Crippen LogP contribution is -2.35. The number of hydrogen-bond donors (Lipinski definition) is 2. The predicted octanol–water partition coefficient (Wildman–Crippen LogP) is 0.492. The molecule has 0 atom stereocenters. The van der Waals surface area contributed by atoms with E-state index in [4.69, 9.17) is 11.6 Å². The molecule has 100 valence electrons. The summed E-state index contributed by atoms with van der Waals surface area (Å²) in [5.41, 5.74) is 0.968. The predicted molar refractivity (Wildman–Crippen MR) is 70.1 cm³/mol. The van der Waals surface area contributed by atoms with Gasteiger partial charge in [-0.2, -0.15) is 0 Å². The van der Waals surface area contributed by atoms with Crippen LogP contribution in [0.1, 0.15) is 5.56 Å². The van der Waals surface area contributed by atoms with Crippen LogP contribution in [0.2, 0.25) is 0 Å². The minimum atomic E-state index is -3.64. The molecule has 0 bridgehead atoms. The first-order chi connectivity index (χ1) is 8.49. The van der Waals surface area contributed by atoms with Gasteiger partial charge in [-0.05, 0) is 24.1 Å². The number of benzene rings is 1. The lowest BCUT2D eigenvalue weighted by atomic mass is 10.2. The first-order valence-corrected chi connectivity index (χ1v) is 7.36. The van der Waals surface area contributed by atoms with E-state index in [-0.39, 0.29) is 11.4 Å². The number of nitrogens with one attached hydrogen (secondary N) is 2. The van der Waals surface area contributed by atoms with Gasteiger partial charge in [0, 0.05) is 12.9 Å². The van der Waals surface area contributed by atoms with Crippen molar-refractivity contribution in [2.45, 2.75) is 11.3 Å². The average molecular weight is 291 g/mol. The highest BCUT2D eigenvalue weighted by Crippen LogP contribution is 2.11. The lowest BCUT2D eigenvalue weighted by molar-refractivity contribution is -0.119. The minimum Gasteiger partial charge on any atom is -0.358 e. The molecule has 0 saturated carbocycles. The van der Waals surface area contributed by atoms with E-state index < -0.39 is 15.9 Å². The Morgan fingerprint density at radius 1 is 1.28 bits per heavy atom. The molecule has 18 heavy (non-hydrogen) atoms. The summed E-state index contributed by atoms with van der Waals surface area (Å²) in [5.74, 6) is 0.0958. The fraction of sp³-hybridized carbons (Fsp3) is 0.364. The summed E-state index contributed by atoms with van der Waals surface area (Å²) >= 11 is 5.59. The van der Waals surface area contributed by atoms with E-state index >= 15 is 0 Å². The first kappa shape index (κ1) is 14.9. The molecule has 0 aliphatic carbocycles. The minimum absolute atomic E-state index is 0.129. The van der Waals surface area contributed by atoms with Crippen LogP contribution in [0.5, 0.6) is 0 Å². The van der Waals surface area contributed by atoms with Crippen molar-refractivity contribution >= 4 is 27.5 Å². The van der Waals surface area contributed by atoms with Crippen molar-refractivity contribution in [1.82, 2.24) is 10.0 Å². The molecule has 1 amide bonds. The van der Waals surface area contributed by atoms with Gasteiger partial charge in [0.25, 0.3) is 0 Å². The van der Waals surface area contributed by atoms with Crippen LogP contribution in [0.3, 0.4) is 0 Å². The average Bonchev–Trinajstić information content (AvgIpc) is 2.37. The molecule has 5 nitrogen and oxygen atoms in total. The molecule has 0 spiro atoms. The highest BCUT2D eigenvalue weighted by Gasteiger charge is 2.14. The number of rotatable bonds is 6. The SMILES string of the molecule is CNC(=O)CNS(=O)(=O)c1ccc(CCCl)cc1. The smallest absolute Gasteiger partial charge is 0.241 e. The van der Waals surface area contributed by atoms with E-state index in [1.165, 1.54) is 19.2 Å². The van der Waals surface area contributed by atoms with Crippen molar-refractivity contribution in [1.29, 1.82) is 0 Å². The first-order valence-electron chi connectivity index (χ1n) is 5.34. The molecule has 1 aromatic carbocycles. The Hall–Kier alpha value is -1.11. The van der Waals surface area contributed by atoms with Crippen LogP contribution in [0.4, 0.5) is 0 Å². The molecule has 0 radical (unpaired) electrons. The van der Waals surface area contributed by atoms with Gasteiger partial charge in [0.15, 0.2) is 0 Å². The maximum absolute atomic E-state index is 11.8. The number of amides is 1. The summed E-state index contributed by atoms with van der Waals surface area (Å²) in [6.45, 7) is -0.276. The molecular weight excluding hydrogens is 276 g/mol. The van der Waals surface area contributed by atoms with Gasteiger partial charge < -0.3 is 5.32 Å². The summed E-state index contributed by atoms with van der Waals surface area (Å²) < 4.78 is 25.8. The Labute approximate surface area is 112 Å². The maximum Gasteiger partial charge on any atom is 0.241 e. The summed E-state index contributed by atoms with van der Waals surface area (Å²) in [5, 5.41) is 2.33. The number of aryl methyl sites for hydroxylation is 1. The molecule has 0 heterocycles. The maximum atomic E-state index is 11.8. The Kier molecular flexibility index (Phi) is 5.58. The Bertz CT molecular complexity index is 500. The van der Waals surface area contributed by atoms with Gasteiger partial charge in [-0.15, -0.1) is 11.6 Å². The number of likely N-dealkylation sites (N-methyl/N-ethyl adjacent to an activating group) is 1. The molecule has 2 N–H and O–H groups in total. The molecule has 7 heteroatoms. The monoisotopic (exact) mass is 290 g/mol. The van der Waals surface area contributed by atoms with E-state index in [9.17, 15) is 13.2 Å². The van der Waals surface area contributed by atoms with Crippen LogP contribution in [0, 0.1) is 0 Å². The molecule has 0 saturated heterocycles. The van der Waals surface area contributed by atoms with Gasteiger partial charge in [0.05, 0.1) is 11.4 Å². The second-order valence-corrected chi connectivity index (χ2v) is 5.73. The van der Waals surface area contributed by atoms with Crippen molar-refractivity contribution in [3.63, 3.8) is 0 Å². The number of carbonyl (C=O) groups excluding carboxylic acids is 1. The summed E-state index contributed by atoms with van der Waals surface area (Å²) in [7, 11) is -2.20. The molecule has 1 aromatic rings. The van der Waals surface area contributed by atoms with E-state index in [1.54, 1.807) is 12.1 Å². The van der Waals surface area contributed by atoms with Crippen LogP contribution in [0.25, 0.3) is 0 Å². The molecule has 0 unspecified atom stereocenters. The summed E-state index contributed by atoms with van der Waals surface area (Å²) in [4.78, 5) is 11.1. The van der Waals surface area contributed by atoms with Gasteiger partial charge in [-0.1, -0.05) is 12.1 Å². The van der Waals surface area contributed by atoms with E-state index in [0.717, 1.165) is 5.56 Å². The number of carbonyl (C=O) groups is 1. The Balaban J connectivity index is 2.75. The molecule has 0 aromatic heterocycles. The topological polar surface area (TPSA) is 75.3 Å². The van der Waals surface area contributed by atoms with Crippen molar-refractivity contribution in [2.75, 3.05) is 19.5 Å². The lowest BCUT2D eigenvalue weighted by Gasteiger charge is -2.06. The van der Waals surface area contributed by atoms with E-state index in [0.29, 0.717) is 12.3 Å². The van der Waals surface area contributed by atoms with Gasteiger partial charge in [0.2, 0.25) is 15.9 Å². The number of hydrogen-bond acceptors (Lipinski definition) is 3. The van der Waals surface area contributed by atoms with E-state index in [2.05, 4.69) is 10.0 Å². The van der Waals surface area contributed by atoms with Gasteiger partial charge in [0.1, 0.15) is 0 Å². The van der Waals surface area contributed by atoms with Crippen molar-refractivity contribution in [2.24, 2.45) is 0 Å². The van der Waals surface area contributed by atoms with Gasteiger partial charge in [-0.25, -0.2) is 13.1 Å². The largest absolute Gasteiger partial charge is 0.358 e. The van der Waals surface area contributed by atoms with E-state index in [1.807, 2.05) is 0 Å². The highest BCUT2D eigenvalue weighted by molar-refractivity contribution is 7.89. The third-order valence-corrected chi connectivity index (χ3v) is 3.92. The summed E-state index contributed by atoms with van der Waals surface area (Å²) in [6, 6.07) is 6.40. The standard InChI is InChI=1S/C11H15ClN2O3S/c1-13-11(15)8-14-18(16,17)10-4-2-9(3-5-10)6-7-12/h2-5,14H,6-8H2,1H3,(H,13,15). The molecular formula is C11H15ClN2O3S. The fourth-order valence-corrected chi connectivity index (χ4v) is 2.48. The van der Waals surface area contributed by atoms with Crippen LogP contribution in [-0.2, 0) is 21.2 Å². The highest BCUT2D eigenvalue weighted by atomic mass is 35.5. The zero-order valence-electron chi connectivity index (χ0n) is 9.94. The number of alkyl halides is 1. The summed E-state index contributed by atoms with van der Waals surface area (Å²) in [6.07, 6.45) is 0.688. The van der Waals surface area contributed by atoms with Crippen molar-refractivity contribution in [3.8, 4) is 0 Å². The van der Waals surface area contributed by atoms with Crippen LogP contribution < -0.4 is 10.0 Å². The van der Waals surface area contributed by atoms with Gasteiger partial charge >= 0.3 is 0 Å². The molecule has 0 aliphatic heterocycles. The third kappa shape index (κ3) is 4.29. The van der Waals surface area contributed by atoms with Crippen molar-refractivity contribution in [3.05, 3.63) is 29.8 Å². The van der Waals surface area contributed by atoms with Crippen LogP contribution in [-0.4, -0.2) is 33.8 Å². The molecule has 0 fully saturated rings. The van der Waals surface area contributed by atoms with Crippen LogP contribution >= 0.6 is 11.6 Å². The second kappa shape index (κ2) is 6.72. The third-order valence-electron chi connectivity index (χ3n) is 2.32. The molecule has 1 rings (SSSR count). The fourth-order valence-electron chi connectivity index (χ4n) is 1.28. The Morgan fingerprint density at radius 2 is 1.89 bits per heavy atom. The number of halogens is 1. The zero-order chi connectivity index (χ0) is 13.6. The quantitative estimate of drug-likeness (QED) is 0.749. The second-order valence-electron chi connectivity index (χ2n) is 3.58. The van der Waals surface area contributed by atoms with Crippen molar-refractivity contribution < 1.29 is 13.2 Å². The number of sulfonamides is 1.